The summed E-state index contributed by atoms with van der Waals surface area (Å²) in [6, 6.07) is 9.73. The number of halogens is 2. The average molecular weight is 398 g/mol. The van der Waals surface area contributed by atoms with E-state index in [4.69, 9.17) is 0 Å². The standard InChI is InChI=1S/C21H20F2N4O2/c1-12-19(13(2)27(25-12)18-9-8-15(22)11-17(18)23)20(28)24-16-7-5-6-14(10-16)21(29)26(3)4/h5-11H,1-4H3,(H,24,28). The van der Waals surface area contributed by atoms with Gasteiger partial charge in [-0.15, -0.1) is 0 Å². The molecule has 0 aliphatic carbocycles. The van der Waals surface area contributed by atoms with Gasteiger partial charge in [-0.2, -0.15) is 5.10 Å². The van der Waals surface area contributed by atoms with Crippen LogP contribution in [-0.2, 0) is 0 Å². The minimum Gasteiger partial charge on any atom is -0.345 e. The van der Waals surface area contributed by atoms with Crippen molar-refractivity contribution < 1.29 is 18.4 Å². The molecule has 3 aromatic rings. The maximum Gasteiger partial charge on any atom is 0.259 e. The number of aryl methyl sites for hydroxylation is 1. The van der Waals surface area contributed by atoms with Gasteiger partial charge in [0.15, 0.2) is 5.82 Å². The van der Waals surface area contributed by atoms with Crippen LogP contribution < -0.4 is 5.32 Å². The zero-order valence-corrected chi connectivity index (χ0v) is 16.5. The second kappa shape index (κ2) is 7.83. The van der Waals surface area contributed by atoms with Crippen LogP contribution in [0.25, 0.3) is 5.69 Å². The largest absolute Gasteiger partial charge is 0.345 e. The molecule has 0 fully saturated rings. The Morgan fingerprint density at radius 1 is 1.07 bits per heavy atom. The summed E-state index contributed by atoms with van der Waals surface area (Å²) >= 11 is 0. The van der Waals surface area contributed by atoms with Gasteiger partial charge in [0, 0.05) is 31.4 Å². The van der Waals surface area contributed by atoms with Gasteiger partial charge in [0.05, 0.1) is 17.0 Å². The molecule has 150 valence electrons. The number of aromatic nitrogens is 2. The molecule has 1 heterocycles. The van der Waals surface area contributed by atoms with Gasteiger partial charge in [0.1, 0.15) is 11.5 Å². The predicted octanol–water partition coefficient (Wildman–Crippen LogP) is 3.72. The molecule has 0 spiro atoms. The topological polar surface area (TPSA) is 67.2 Å². The summed E-state index contributed by atoms with van der Waals surface area (Å²) in [4.78, 5) is 26.4. The molecule has 2 aromatic carbocycles. The smallest absolute Gasteiger partial charge is 0.259 e. The van der Waals surface area contributed by atoms with E-state index in [0.29, 0.717) is 22.6 Å². The summed E-state index contributed by atoms with van der Waals surface area (Å²) in [6.45, 7) is 3.26. The summed E-state index contributed by atoms with van der Waals surface area (Å²) in [5.41, 5.74) is 2.01. The molecule has 0 aliphatic rings. The highest BCUT2D eigenvalue weighted by molar-refractivity contribution is 6.06. The molecular formula is C21H20F2N4O2. The van der Waals surface area contributed by atoms with E-state index in [1.54, 1.807) is 52.2 Å². The van der Waals surface area contributed by atoms with Crippen molar-refractivity contribution in [3.8, 4) is 5.69 Å². The molecule has 0 atom stereocenters. The Hall–Kier alpha value is -3.55. The molecule has 0 saturated carbocycles. The van der Waals surface area contributed by atoms with Crippen molar-refractivity contribution in [2.75, 3.05) is 19.4 Å². The summed E-state index contributed by atoms with van der Waals surface area (Å²) < 4.78 is 28.6. The van der Waals surface area contributed by atoms with Gasteiger partial charge in [0.25, 0.3) is 11.8 Å². The highest BCUT2D eigenvalue weighted by Crippen LogP contribution is 2.22. The number of anilines is 1. The Morgan fingerprint density at radius 3 is 2.45 bits per heavy atom. The first kappa shape index (κ1) is 20.2. The van der Waals surface area contributed by atoms with Crippen molar-refractivity contribution in [1.29, 1.82) is 0 Å². The molecule has 1 N–H and O–H groups in total. The summed E-state index contributed by atoms with van der Waals surface area (Å²) in [5.74, 6) is -2.10. The Bertz CT molecular complexity index is 1110. The Kier molecular flexibility index (Phi) is 5.45. The number of benzene rings is 2. The van der Waals surface area contributed by atoms with Crippen molar-refractivity contribution in [2.24, 2.45) is 0 Å². The van der Waals surface area contributed by atoms with E-state index >= 15 is 0 Å². The molecule has 2 amide bonds. The fourth-order valence-electron chi connectivity index (χ4n) is 3.04. The summed E-state index contributed by atoms with van der Waals surface area (Å²) in [7, 11) is 3.28. The number of nitrogens with zero attached hydrogens (tertiary/aromatic N) is 3. The normalized spacial score (nSPS) is 10.7. The predicted molar refractivity (Wildman–Crippen MR) is 105 cm³/mol. The maximum atomic E-state index is 14.2. The third kappa shape index (κ3) is 4.01. The number of rotatable bonds is 4. The van der Waals surface area contributed by atoms with Gasteiger partial charge in [-0.05, 0) is 44.2 Å². The Labute approximate surface area is 166 Å². The number of carbonyl (C=O) groups is 2. The van der Waals surface area contributed by atoms with Crippen LogP contribution in [0.2, 0.25) is 0 Å². The maximum absolute atomic E-state index is 14.2. The van der Waals surface area contributed by atoms with Gasteiger partial charge < -0.3 is 10.2 Å². The van der Waals surface area contributed by atoms with Crippen LogP contribution in [0.3, 0.4) is 0 Å². The molecule has 0 bridgehead atoms. The van der Waals surface area contributed by atoms with Gasteiger partial charge >= 0.3 is 0 Å². The van der Waals surface area contributed by atoms with Crippen LogP contribution in [0.1, 0.15) is 32.1 Å². The number of hydrogen-bond donors (Lipinski definition) is 1. The summed E-state index contributed by atoms with van der Waals surface area (Å²) in [5, 5.41) is 6.98. The lowest BCUT2D eigenvalue weighted by Crippen LogP contribution is -2.22. The first-order valence-corrected chi connectivity index (χ1v) is 8.83. The van der Waals surface area contributed by atoms with E-state index in [9.17, 15) is 18.4 Å². The minimum atomic E-state index is -0.780. The van der Waals surface area contributed by atoms with Gasteiger partial charge in [-0.25, -0.2) is 13.5 Å². The van der Waals surface area contributed by atoms with Gasteiger partial charge in [-0.3, -0.25) is 9.59 Å². The molecule has 0 aliphatic heterocycles. The molecule has 1 aromatic heterocycles. The third-order valence-corrected chi connectivity index (χ3v) is 4.43. The molecule has 8 heteroatoms. The van der Waals surface area contributed by atoms with E-state index in [-0.39, 0.29) is 17.2 Å². The van der Waals surface area contributed by atoms with Crippen LogP contribution in [0, 0.1) is 25.5 Å². The highest BCUT2D eigenvalue weighted by atomic mass is 19.1. The zero-order chi connectivity index (χ0) is 21.3. The number of nitrogens with one attached hydrogen (secondary N) is 1. The van der Waals surface area contributed by atoms with E-state index in [1.807, 2.05) is 0 Å². The van der Waals surface area contributed by atoms with Crippen LogP contribution >= 0.6 is 0 Å². The average Bonchev–Trinajstić information content (AvgIpc) is 2.95. The fourth-order valence-corrected chi connectivity index (χ4v) is 3.04. The second-order valence-electron chi connectivity index (χ2n) is 6.79. The quantitative estimate of drug-likeness (QED) is 0.728. The highest BCUT2D eigenvalue weighted by Gasteiger charge is 2.21. The number of carbonyl (C=O) groups excluding carboxylic acids is 2. The van der Waals surface area contributed by atoms with E-state index in [0.717, 1.165) is 12.1 Å². The zero-order valence-electron chi connectivity index (χ0n) is 16.5. The molecule has 3 rings (SSSR count). The minimum absolute atomic E-state index is 0.0460. The van der Waals surface area contributed by atoms with Gasteiger partial charge in [0.2, 0.25) is 0 Å². The number of amides is 2. The van der Waals surface area contributed by atoms with Crippen LogP contribution in [0.4, 0.5) is 14.5 Å². The molecule has 6 nitrogen and oxygen atoms in total. The van der Waals surface area contributed by atoms with Crippen LogP contribution in [0.5, 0.6) is 0 Å². The van der Waals surface area contributed by atoms with Crippen LogP contribution in [0.15, 0.2) is 42.5 Å². The van der Waals surface area contributed by atoms with Crippen molar-refractivity contribution in [3.05, 3.63) is 76.6 Å². The van der Waals surface area contributed by atoms with Crippen molar-refractivity contribution in [3.63, 3.8) is 0 Å². The third-order valence-electron chi connectivity index (χ3n) is 4.43. The first-order chi connectivity index (χ1) is 13.7. The SMILES string of the molecule is Cc1nn(-c2ccc(F)cc2F)c(C)c1C(=O)Nc1cccc(C(=O)N(C)C)c1. The van der Waals surface area contributed by atoms with Crippen molar-refractivity contribution in [1.82, 2.24) is 14.7 Å². The first-order valence-electron chi connectivity index (χ1n) is 8.83. The second-order valence-corrected chi connectivity index (χ2v) is 6.79. The van der Waals surface area contributed by atoms with Crippen LogP contribution in [-0.4, -0.2) is 40.6 Å². The Morgan fingerprint density at radius 2 is 1.79 bits per heavy atom. The lowest BCUT2D eigenvalue weighted by atomic mass is 10.1. The molecule has 0 saturated heterocycles. The van der Waals surface area contributed by atoms with Crippen molar-refractivity contribution >= 4 is 17.5 Å². The fraction of sp³-hybridized carbons (Fsp3) is 0.190. The molecule has 0 radical (unpaired) electrons. The van der Waals surface area contributed by atoms with E-state index < -0.39 is 17.5 Å². The molecule has 29 heavy (non-hydrogen) atoms. The van der Waals surface area contributed by atoms with Crippen molar-refractivity contribution in [2.45, 2.75) is 13.8 Å². The Balaban J connectivity index is 1.92. The van der Waals surface area contributed by atoms with E-state index in [2.05, 4.69) is 10.4 Å². The lowest BCUT2D eigenvalue weighted by molar-refractivity contribution is 0.0827. The van der Waals surface area contributed by atoms with Gasteiger partial charge in [-0.1, -0.05) is 6.07 Å². The summed E-state index contributed by atoms with van der Waals surface area (Å²) in [6.07, 6.45) is 0. The monoisotopic (exact) mass is 398 g/mol. The molecular weight excluding hydrogens is 378 g/mol. The number of hydrogen-bond acceptors (Lipinski definition) is 3. The lowest BCUT2D eigenvalue weighted by Gasteiger charge is -2.12. The van der Waals surface area contributed by atoms with E-state index in [1.165, 1.54) is 15.6 Å². The molecule has 0 unspecified atom stereocenters.